The highest BCUT2D eigenvalue weighted by molar-refractivity contribution is 5.77. The molecule has 2 atom stereocenters. The van der Waals surface area contributed by atoms with E-state index in [0.29, 0.717) is 12.2 Å². The van der Waals surface area contributed by atoms with Crippen LogP contribution in [0.15, 0.2) is 24.3 Å². The van der Waals surface area contributed by atoms with Crippen LogP contribution in [0.2, 0.25) is 0 Å². The second-order valence-corrected chi connectivity index (χ2v) is 4.86. The fourth-order valence-corrected chi connectivity index (χ4v) is 1.63. The SMILES string of the molecule is CCC(C)NC(=O)COc1ccc(CC(C)O)cc1. The molecule has 0 aromatic heterocycles. The van der Waals surface area contributed by atoms with Gasteiger partial charge in [-0.1, -0.05) is 19.1 Å². The summed E-state index contributed by atoms with van der Waals surface area (Å²) in [6.45, 7) is 5.76. The molecule has 1 aromatic carbocycles. The van der Waals surface area contributed by atoms with E-state index in [4.69, 9.17) is 4.74 Å². The van der Waals surface area contributed by atoms with Gasteiger partial charge in [0.1, 0.15) is 5.75 Å². The lowest BCUT2D eigenvalue weighted by molar-refractivity contribution is -0.123. The van der Waals surface area contributed by atoms with E-state index in [-0.39, 0.29) is 24.7 Å². The summed E-state index contributed by atoms with van der Waals surface area (Å²) in [5.74, 6) is 0.552. The van der Waals surface area contributed by atoms with Gasteiger partial charge in [0.2, 0.25) is 0 Å². The van der Waals surface area contributed by atoms with Gasteiger partial charge in [-0.3, -0.25) is 4.79 Å². The quantitative estimate of drug-likeness (QED) is 0.791. The van der Waals surface area contributed by atoms with Gasteiger partial charge < -0.3 is 15.2 Å². The van der Waals surface area contributed by atoms with Crippen LogP contribution in [0.5, 0.6) is 5.75 Å². The van der Waals surface area contributed by atoms with Crippen molar-refractivity contribution in [2.75, 3.05) is 6.61 Å². The Bertz CT molecular complexity index is 387. The number of ether oxygens (including phenoxy) is 1. The standard InChI is InChI=1S/C15H23NO3/c1-4-11(2)16-15(18)10-19-14-7-5-13(6-8-14)9-12(3)17/h5-8,11-12,17H,4,9-10H2,1-3H3,(H,16,18). The maximum Gasteiger partial charge on any atom is 0.258 e. The van der Waals surface area contributed by atoms with Gasteiger partial charge in [0, 0.05) is 6.04 Å². The van der Waals surface area contributed by atoms with Crippen molar-refractivity contribution in [2.45, 2.75) is 45.8 Å². The van der Waals surface area contributed by atoms with E-state index in [2.05, 4.69) is 5.32 Å². The summed E-state index contributed by atoms with van der Waals surface area (Å²) in [4.78, 5) is 11.5. The Hall–Kier alpha value is -1.55. The van der Waals surface area contributed by atoms with Crippen LogP contribution in [0.3, 0.4) is 0 Å². The van der Waals surface area contributed by atoms with Gasteiger partial charge in [-0.05, 0) is 44.4 Å². The third-order valence-electron chi connectivity index (χ3n) is 2.84. The molecule has 0 saturated carbocycles. The third kappa shape index (κ3) is 6.25. The molecule has 1 rings (SSSR count). The lowest BCUT2D eigenvalue weighted by Gasteiger charge is -2.12. The summed E-state index contributed by atoms with van der Waals surface area (Å²) in [5, 5.41) is 12.1. The summed E-state index contributed by atoms with van der Waals surface area (Å²) >= 11 is 0. The molecule has 4 nitrogen and oxygen atoms in total. The minimum atomic E-state index is -0.354. The molecule has 0 fully saturated rings. The lowest BCUT2D eigenvalue weighted by Crippen LogP contribution is -2.35. The van der Waals surface area contributed by atoms with Crippen molar-refractivity contribution in [3.8, 4) is 5.75 Å². The smallest absolute Gasteiger partial charge is 0.258 e. The van der Waals surface area contributed by atoms with Crippen LogP contribution < -0.4 is 10.1 Å². The van der Waals surface area contributed by atoms with Crippen LogP contribution in [-0.2, 0) is 11.2 Å². The van der Waals surface area contributed by atoms with Crippen LogP contribution in [-0.4, -0.2) is 29.8 Å². The molecule has 4 heteroatoms. The Kier molecular flexibility index (Phi) is 6.36. The number of carbonyl (C=O) groups is 1. The Morgan fingerprint density at radius 3 is 2.47 bits per heavy atom. The van der Waals surface area contributed by atoms with Gasteiger partial charge in [0.05, 0.1) is 6.10 Å². The Balaban J connectivity index is 2.39. The first-order valence-corrected chi connectivity index (χ1v) is 6.70. The fourth-order valence-electron chi connectivity index (χ4n) is 1.63. The van der Waals surface area contributed by atoms with Gasteiger partial charge in [0.25, 0.3) is 5.91 Å². The topological polar surface area (TPSA) is 58.6 Å². The predicted octanol–water partition coefficient (Wildman–Crippen LogP) is 1.90. The van der Waals surface area contributed by atoms with Crippen molar-refractivity contribution in [1.29, 1.82) is 0 Å². The van der Waals surface area contributed by atoms with Crippen molar-refractivity contribution in [1.82, 2.24) is 5.32 Å². The van der Waals surface area contributed by atoms with E-state index < -0.39 is 0 Å². The molecular formula is C15H23NO3. The van der Waals surface area contributed by atoms with E-state index in [1.165, 1.54) is 0 Å². The van der Waals surface area contributed by atoms with Crippen LogP contribution in [0, 0.1) is 0 Å². The molecule has 0 aliphatic heterocycles. The van der Waals surface area contributed by atoms with Gasteiger partial charge in [-0.25, -0.2) is 0 Å². The van der Waals surface area contributed by atoms with E-state index in [1.807, 2.05) is 38.1 Å². The van der Waals surface area contributed by atoms with Crippen LogP contribution in [0.25, 0.3) is 0 Å². The highest BCUT2D eigenvalue weighted by Gasteiger charge is 2.06. The van der Waals surface area contributed by atoms with Crippen molar-refractivity contribution in [2.24, 2.45) is 0 Å². The van der Waals surface area contributed by atoms with Crippen LogP contribution >= 0.6 is 0 Å². The number of aliphatic hydroxyl groups is 1. The zero-order chi connectivity index (χ0) is 14.3. The summed E-state index contributed by atoms with van der Waals surface area (Å²) < 4.78 is 5.40. The number of aliphatic hydroxyl groups excluding tert-OH is 1. The maximum atomic E-state index is 11.5. The molecule has 19 heavy (non-hydrogen) atoms. The largest absolute Gasteiger partial charge is 0.484 e. The monoisotopic (exact) mass is 265 g/mol. The second kappa shape index (κ2) is 7.79. The molecule has 0 saturated heterocycles. The number of nitrogens with one attached hydrogen (secondary N) is 1. The normalized spacial score (nSPS) is 13.7. The summed E-state index contributed by atoms with van der Waals surface area (Å²) in [7, 11) is 0. The molecule has 0 heterocycles. The summed E-state index contributed by atoms with van der Waals surface area (Å²) in [6, 6.07) is 7.59. The average Bonchev–Trinajstić information content (AvgIpc) is 2.37. The van der Waals surface area contributed by atoms with Gasteiger partial charge in [-0.2, -0.15) is 0 Å². The number of hydrogen-bond acceptors (Lipinski definition) is 3. The molecule has 2 N–H and O–H groups in total. The second-order valence-electron chi connectivity index (χ2n) is 4.86. The molecule has 1 aromatic rings. The lowest BCUT2D eigenvalue weighted by atomic mass is 10.1. The zero-order valence-electron chi connectivity index (χ0n) is 11.8. The molecule has 0 aliphatic rings. The molecule has 106 valence electrons. The first-order chi connectivity index (χ1) is 9.01. The molecule has 0 radical (unpaired) electrons. The average molecular weight is 265 g/mol. The predicted molar refractivity (Wildman–Crippen MR) is 75.2 cm³/mol. The van der Waals surface area contributed by atoms with E-state index in [9.17, 15) is 9.90 Å². The van der Waals surface area contributed by atoms with E-state index in [0.717, 1.165) is 12.0 Å². The molecular weight excluding hydrogens is 242 g/mol. The first kappa shape index (κ1) is 15.5. The minimum absolute atomic E-state index is 0.0279. The zero-order valence-corrected chi connectivity index (χ0v) is 11.8. The van der Waals surface area contributed by atoms with Crippen molar-refractivity contribution in [3.05, 3.63) is 29.8 Å². The maximum absolute atomic E-state index is 11.5. The summed E-state index contributed by atoms with van der Waals surface area (Å²) in [6.07, 6.45) is 1.17. The molecule has 0 aliphatic carbocycles. The van der Waals surface area contributed by atoms with Gasteiger partial charge in [-0.15, -0.1) is 0 Å². The van der Waals surface area contributed by atoms with Gasteiger partial charge in [0.15, 0.2) is 6.61 Å². The number of hydrogen-bond donors (Lipinski definition) is 2. The number of benzene rings is 1. The molecule has 0 spiro atoms. The van der Waals surface area contributed by atoms with Crippen LogP contribution in [0.1, 0.15) is 32.8 Å². The molecule has 1 amide bonds. The van der Waals surface area contributed by atoms with Crippen LogP contribution in [0.4, 0.5) is 0 Å². The Morgan fingerprint density at radius 2 is 1.95 bits per heavy atom. The van der Waals surface area contributed by atoms with Gasteiger partial charge >= 0.3 is 0 Å². The summed E-state index contributed by atoms with van der Waals surface area (Å²) in [5.41, 5.74) is 1.05. The van der Waals surface area contributed by atoms with E-state index in [1.54, 1.807) is 6.92 Å². The highest BCUT2D eigenvalue weighted by Crippen LogP contribution is 2.13. The molecule has 2 unspecified atom stereocenters. The number of rotatable bonds is 7. The minimum Gasteiger partial charge on any atom is -0.484 e. The van der Waals surface area contributed by atoms with Crippen molar-refractivity contribution >= 4 is 5.91 Å². The highest BCUT2D eigenvalue weighted by atomic mass is 16.5. The number of carbonyl (C=O) groups excluding carboxylic acids is 1. The third-order valence-corrected chi connectivity index (χ3v) is 2.84. The Morgan fingerprint density at radius 1 is 1.32 bits per heavy atom. The molecule has 0 bridgehead atoms. The number of amides is 1. The Labute approximate surface area is 114 Å². The fraction of sp³-hybridized carbons (Fsp3) is 0.533. The van der Waals surface area contributed by atoms with Crippen molar-refractivity contribution < 1.29 is 14.6 Å². The van der Waals surface area contributed by atoms with E-state index >= 15 is 0 Å². The first-order valence-electron chi connectivity index (χ1n) is 6.70. The van der Waals surface area contributed by atoms with Crippen molar-refractivity contribution in [3.63, 3.8) is 0 Å².